The molecule has 2 rings (SSSR count). The lowest BCUT2D eigenvalue weighted by molar-refractivity contribution is 0.0761. The van der Waals surface area contributed by atoms with Crippen LogP contribution in [0.1, 0.15) is 17.2 Å². The van der Waals surface area contributed by atoms with Crippen molar-refractivity contribution in [2.24, 2.45) is 0 Å². The predicted octanol–water partition coefficient (Wildman–Crippen LogP) is 2.01. The normalized spacial score (nSPS) is 21.6. The summed E-state index contributed by atoms with van der Waals surface area (Å²) in [6, 6.07) is 3.57. The van der Waals surface area contributed by atoms with Gasteiger partial charge < -0.3 is 15.2 Å². The van der Waals surface area contributed by atoms with Crippen molar-refractivity contribution in [1.29, 1.82) is 0 Å². The van der Waals surface area contributed by atoms with E-state index in [-0.39, 0.29) is 11.8 Å². The van der Waals surface area contributed by atoms with E-state index in [1.807, 2.05) is 13.0 Å². The molecule has 0 bridgehead atoms. The van der Waals surface area contributed by atoms with Gasteiger partial charge in [-0.15, -0.1) is 0 Å². The number of phenols is 1. The van der Waals surface area contributed by atoms with E-state index in [9.17, 15) is 5.11 Å². The minimum Gasteiger partial charge on any atom is -0.508 e. The highest BCUT2D eigenvalue weighted by Gasteiger charge is 2.21. The largest absolute Gasteiger partial charge is 0.508 e. The summed E-state index contributed by atoms with van der Waals surface area (Å²) < 4.78 is 5.34. The van der Waals surface area contributed by atoms with Gasteiger partial charge in [0.05, 0.1) is 19.3 Å². The van der Waals surface area contributed by atoms with Gasteiger partial charge in [0.25, 0.3) is 0 Å². The smallest absolute Gasteiger partial charge is 0.122 e. The Morgan fingerprint density at radius 2 is 2.33 bits per heavy atom. The van der Waals surface area contributed by atoms with E-state index in [0.717, 1.165) is 17.7 Å². The van der Waals surface area contributed by atoms with Gasteiger partial charge in [-0.05, 0) is 24.6 Å². The van der Waals surface area contributed by atoms with Crippen molar-refractivity contribution in [2.75, 3.05) is 19.8 Å². The monoisotopic (exact) mass is 227 g/mol. The van der Waals surface area contributed by atoms with Crippen LogP contribution in [0.4, 0.5) is 0 Å². The Morgan fingerprint density at radius 3 is 2.93 bits per heavy atom. The van der Waals surface area contributed by atoms with Crippen molar-refractivity contribution in [3.05, 3.63) is 28.3 Å². The maximum Gasteiger partial charge on any atom is 0.122 e. The molecule has 82 valence electrons. The van der Waals surface area contributed by atoms with Crippen LogP contribution in [-0.2, 0) is 4.74 Å². The number of aryl methyl sites for hydroxylation is 1. The Morgan fingerprint density at radius 1 is 1.53 bits per heavy atom. The molecule has 3 nitrogen and oxygen atoms in total. The van der Waals surface area contributed by atoms with Gasteiger partial charge in [0.1, 0.15) is 5.75 Å². The fourth-order valence-corrected chi connectivity index (χ4v) is 2.23. The van der Waals surface area contributed by atoms with E-state index in [4.69, 9.17) is 16.3 Å². The van der Waals surface area contributed by atoms with Crippen molar-refractivity contribution < 1.29 is 9.84 Å². The van der Waals surface area contributed by atoms with Crippen LogP contribution in [-0.4, -0.2) is 24.9 Å². The van der Waals surface area contributed by atoms with Crippen LogP contribution in [0.25, 0.3) is 0 Å². The molecular weight excluding hydrogens is 214 g/mol. The Hall–Kier alpha value is -0.770. The summed E-state index contributed by atoms with van der Waals surface area (Å²) in [5, 5.41) is 13.7. The molecule has 1 aliphatic rings. The zero-order valence-electron chi connectivity index (χ0n) is 8.59. The number of hydrogen-bond donors (Lipinski definition) is 2. The number of ether oxygens (including phenoxy) is 1. The molecule has 1 aromatic carbocycles. The van der Waals surface area contributed by atoms with Gasteiger partial charge in [-0.3, -0.25) is 0 Å². The zero-order valence-corrected chi connectivity index (χ0v) is 9.34. The molecule has 0 aromatic heterocycles. The molecule has 1 aromatic rings. The topological polar surface area (TPSA) is 41.5 Å². The summed E-state index contributed by atoms with van der Waals surface area (Å²) in [7, 11) is 0. The lowest BCUT2D eigenvalue weighted by atomic mass is 10.0. The summed E-state index contributed by atoms with van der Waals surface area (Å²) >= 11 is 6.11. The molecule has 1 fully saturated rings. The first-order valence-corrected chi connectivity index (χ1v) is 5.36. The maximum absolute atomic E-state index is 9.84. The van der Waals surface area contributed by atoms with E-state index in [2.05, 4.69) is 5.32 Å². The maximum atomic E-state index is 9.84. The number of morpholine rings is 1. The predicted molar refractivity (Wildman–Crippen MR) is 59.4 cm³/mol. The van der Waals surface area contributed by atoms with E-state index in [1.54, 1.807) is 6.07 Å². The molecule has 15 heavy (non-hydrogen) atoms. The van der Waals surface area contributed by atoms with Crippen molar-refractivity contribution in [3.63, 3.8) is 0 Å². The molecule has 1 atom stereocenters. The first kappa shape index (κ1) is 10.7. The fraction of sp³-hybridized carbons (Fsp3) is 0.455. The van der Waals surface area contributed by atoms with Gasteiger partial charge in [0.2, 0.25) is 0 Å². The molecule has 2 N–H and O–H groups in total. The van der Waals surface area contributed by atoms with Crippen molar-refractivity contribution in [1.82, 2.24) is 5.32 Å². The number of nitrogens with one attached hydrogen (secondary N) is 1. The number of halogens is 1. The SMILES string of the molecule is Cc1cc(O)c(C2COCCN2)c(Cl)c1. The van der Waals surface area contributed by atoms with Crippen LogP contribution in [0, 0.1) is 6.92 Å². The Labute approximate surface area is 94.0 Å². The molecule has 1 unspecified atom stereocenters. The lowest BCUT2D eigenvalue weighted by Crippen LogP contribution is -2.34. The van der Waals surface area contributed by atoms with Gasteiger partial charge >= 0.3 is 0 Å². The highest BCUT2D eigenvalue weighted by atomic mass is 35.5. The first-order valence-electron chi connectivity index (χ1n) is 4.98. The van der Waals surface area contributed by atoms with Gasteiger partial charge in [-0.25, -0.2) is 0 Å². The molecule has 1 aliphatic heterocycles. The van der Waals surface area contributed by atoms with Crippen LogP contribution < -0.4 is 5.32 Å². The Bertz CT molecular complexity index is 339. The van der Waals surface area contributed by atoms with Crippen LogP contribution in [0.3, 0.4) is 0 Å². The summed E-state index contributed by atoms with van der Waals surface area (Å²) in [5.74, 6) is 0.239. The van der Waals surface area contributed by atoms with Crippen molar-refractivity contribution >= 4 is 11.6 Å². The number of hydrogen-bond acceptors (Lipinski definition) is 3. The van der Waals surface area contributed by atoms with E-state index in [0.29, 0.717) is 18.2 Å². The van der Waals surface area contributed by atoms with Crippen molar-refractivity contribution in [3.8, 4) is 5.75 Å². The summed E-state index contributed by atoms with van der Waals surface area (Å²) in [5.41, 5.74) is 1.69. The molecule has 0 aliphatic carbocycles. The van der Waals surface area contributed by atoms with Gasteiger partial charge in [0, 0.05) is 17.1 Å². The lowest BCUT2D eigenvalue weighted by Gasteiger charge is -2.25. The van der Waals surface area contributed by atoms with Crippen LogP contribution >= 0.6 is 11.6 Å². The van der Waals surface area contributed by atoms with Crippen LogP contribution in [0.2, 0.25) is 5.02 Å². The van der Waals surface area contributed by atoms with Gasteiger partial charge in [0.15, 0.2) is 0 Å². The highest BCUT2D eigenvalue weighted by Crippen LogP contribution is 2.33. The number of benzene rings is 1. The van der Waals surface area contributed by atoms with Crippen LogP contribution in [0.15, 0.2) is 12.1 Å². The third-order valence-electron chi connectivity index (χ3n) is 2.52. The zero-order chi connectivity index (χ0) is 10.8. The van der Waals surface area contributed by atoms with Gasteiger partial charge in [-0.1, -0.05) is 11.6 Å². The quantitative estimate of drug-likeness (QED) is 0.771. The number of phenolic OH excluding ortho intramolecular Hbond substituents is 1. The third kappa shape index (κ3) is 2.25. The van der Waals surface area contributed by atoms with Gasteiger partial charge in [-0.2, -0.15) is 0 Å². The summed E-state index contributed by atoms with van der Waals surface area (Å²) in [4.78, 5) is 0. The Balaban J connectivity index is 2.33. The molecule has 1 heterocycles. The highest BCUT2D eigenvalue weighted by molar-refractivity contribution is 6.31. The van der Waals surface area contributed by atoms with E-state index < -0.39 is 0 Å². The number of aromatic hydroxyl groups is 1. The fourth-order valence-electron chi connectivity index (χ4n) is 1.83. The molecule has 1 saturated heterocycles. The van der Waals surface area contributed by atoms with Crippen molar-refractivity contribution in [2.45, 2.75) is 13.0 Å². The molecule has 0 spiro atoms. The minimum atomic E-state index is -0.00755. The van der Waals surface area contributed by atoms with E-state index in [1.165, 1.54) is 0 Å². The molecular formula is C11H14ClNO2. The molecule has 0 amide bonds. The summed E-state index contributed by atoms with van der Waals surface area (Å²) in [6.45, 7) is 3.95. The first-order chi connectivity index (χ1) is 7.18. The molecule has 4 heteroatoms. The number of rotatable bonds is 1. The minimum absolute atomic E-state index is 0.00755. The average Bonchev–Trinajstić information content (AvgIpc) is 2.17. The molecule has 0 saturated carbocycles. The molecule has 0 radical (unpaired) electrons. The Kier molecular flexibility index (Phi) is 3.14. The third-order valence-corrected chi connectivity index (χ3v) is 2.83. The average molecular weight is 228 g/mol. The standard InChI is InChI=1S/C11H14ClNO2/c1-7-4-8(12)11(10(14)5-7)9-6-15-3-2-13-9/h4-5,9,13-14H,2-3,6H2,1H3. The van der Waals surface area contributed by atoms with E-state index >= 15 is 0 Å². The second kappa shape index (κ2) is 4.39. The summed E-state index contributed by atoms with van der Waals surface area (Å²) in [6.07, 6.45) is 0. The second-order valence-corrected chi connectivity index (χ2v) is 4.17. The van der Waals surface area contributed by atoms with Crippen LogP contribution in [0.5, 0.6) is 5.75 Å². The second-order valence-electron chi connectivity index (χ2n) is 3.76.